The fourth-order valence-electron chi connectivity index (χ4n) is 2.26. The smallest absolute Gasteiger partial charge is 0.342 e. The molecule has 1 heterocycles. The van der Waals surface area contributed by atoms with Gasteiger partial charge < -0.3 is 15.2 Å². The van der Waals surface area contributed by atoms with Crippen molar-refractivity contribution in [3.63, 3.8) is 0 Å². The molecule has 128 valence electrons. The lowest BCUT2D eigenvalue weighted by Crippen LogP contribution is -2.13. The number of ether oxygens (including phenoxy) is 2. The van der Waals surface area contributed by atoms with E-state index >= 15 is 0 Å². The highest BCUT2D eigenvalue weighted by Crippen LogP contribution is 2.35. The number of anilines is 1. The highest BCUT2D eigenvalue weighted by Gasteiger charge is 2.23. The van der Waals surface area contributed by atoms with Gasteiger partial charge in [0.25, 0.3) is 0 Å². The summed E-state index contributed by atoms with van der Waals surface area (Å²) in [5, 5.41) is 0. The van der Waals surface area contributed by atoms with Gasteiger partial charge in [-0.05, 0) is 38.5 Å². The lowest BCUT2D eigenvalue weighted by atomic mass is 10.0. The minimum absolute atomic E-state index is 0.0944. The third kappa shape index (κ3) is 4.03. The van der Waals surface area contributed by atoms with Crippen LogP contribution in [0.3, 0.4) is 0 Å². The molecular formula is C17H20BrN3O3. The number of esters is 1. The molecule has 2 rings (SSSR count). The lowest BCUT2D eigenvalue weighted by molar-refractivity contribution is 0.0525. The highest BCUT2D eigenvalue weighted by molar-refractivity contribution is 9.10. The minimum atomic E-state index is -0.480. The summed E-state index contributed by atoms with van der Waals surface area (Å²) in [5.74, 6) is 0.242. The number of hydrogen-bond donors (Lipinski definition) is 1. The molecule has 0 unspecified atom stereocenters. The Kier molecular flexibility index (Phi) is 6.14. The fraction of sp³-hybridized carbons (Fsp3) is 0.353. The Bertz CT molecular complexity index is 750. The van der Waals surface area contributed by atoms with E-state index in [-0.39, 0.29) is 12.6 Å². The maximum Gasteiger partial charge on any atom is 0.342 e. The molecule has 2 N–H and O–H groups in total. The van der Waals surface area contributed by atoms with Gasteiger partial charge >= 0.3 is 5.97 Å². The molecule has 0 aliphatic heterocycles. The van der Waals surface area contributed by atoms with Crippen LogP contribution in [0.25, 0.3) is 11.3 Å². The highest BCUT2D eigenvalue weighted by atomic mass is 79.9. The van der Waals surface area contributed by atoms with Crippen molar-refractivity contribution in [3.05, 3.63) is 33.9 Å². The molecule has 0 fully saturated rings. The van der Waals surface area contributed by atoms with Gasteiger partial charge in [0.05, 0.1) is 24.6 Å². The Morgan fingerprint density at radius 1 is 1.29 bits per heavy atom. The van der Waals surface area contributed by atoms with E-state index in [1.54, 1.807) is 13.8 Å². The number of benzene rings is 1. The monoisotopic (exact) mass is 393 g/mol. The predicted molar refractivity (Wildman–Crippen MR) is 96.1 cm³/mol. The first-order valence-corrected chi connectivity index (χ1v) is 8.51. The van der Waals surface area contributed by atoms with Crippen molar-refractivity contribution < 1.29 is 14.3 Å². The average molecular weight is 394 g/mol. The summed E-state index contributed by atoms with van der Waals surface area (Å²) in [5.41, 5.74) is 7.64. The average Bonchev–Trinajstić information content (AvgIpc) is 2.53. The van der Waals surface area contributed by atoms with E-state index in [1.165, 1.54) is 0 Å². The van der Waals surface area contributed by atoms with Crippen LogP contribution in [0.15, 0.2) is 22.7 Å². The summed E-state index contributed by atoms with van der Waals surface area (Å²) in [7, 11) is 0. The normalized spacial score (nSPS) is 10.5. The molecule has 1 aromatic carbocycles. The predicted octanol–water partition coefficient (Wildman–Crippen LogP) is 3.76. The topological polar surface area (TPSA) is 87.3 Å². The number of nitrogens with zero attached hydrogens (tertiary/aromatic N) is 2. The van der Waals surface area contributed by atoms with Crippen LogP contribution in [0.1, 0.15) is 36.3 Å². The molecule has 0 aliphatic rings. The number of halogens is 1. The molecule has 0 spiro atoms. The molecule has 0 saturated heterocycles. The van der Waals surface area contributed by atoms with Crippen molar-refractivity contribution >= 4 is 27.8 Å². The number of carbonyl (C=O) groups excluding carboxylic acids is 1. The van der Waals surface area contributed by atoms with Gasteiger partial charge in [0.1, 0.15) is 11.3 Å². The Hall–Kier alpha value is -2.15. The molecule has 0 bridgehead atoms. The molecule has 0 amide bonds. The first-order valence-electron chi connectivity index (χ1n) is 7.71. The van der Waals surface area contributed by atoms with E-state index in [4.69, 9.17) is 15.2 Å². The van der Waals surface area contributed by atoms with Crippen LogP contribution in [-0.2, 0) is 4.74 Å². The molecule has 0 aliphatic carbocycles. The van der Waals surface area contributed by atoms with Gasteiger partial charge in [-0.25, -0.2) is 14.8 Å². The van der Waals surface area contributed by atoms with Crippen molar-refractivity contribution in [2.24, 2.45) is 0 Å². The number of rotatable bonds is 6. The molecule has 0 atom stereocenters. The van der Waals surface area contributed by atoms with Gasteiger partial charge in [0.2, 0.25) is 5.95 Å². The molecule has 24 heavy (non-hydrogen) atoms. The number of nitrogens with two attached hydrogens (primary N) is 1. The zero-order chi connectivity index (χ0) is 17.7. The third-order valence-electron chi connectivity index (χ3n) is 3.25. The van der Waals surface area contributed by atoms with Crippen LogP contribution in [0, 0.1) is 6.92 Å². The second-order valence-electron chi connectivity index (χ2n) is 5.10. The lowest BCUT2D eigenvalue weighted by Gasteiger charge is -2.15. The molecule has 1 aromatic heterocycles. The number of carbonyl (C=O) groups is 1. The van der Waals surface area contributed by atoms with Crippen LogP contribution in [0.5, 0.6) is 5.75 Å². The molecule has 6 nitrogen and oxygen atoms in total. The first kappa shape index (κ1) is 18.2. The zero-order valence-corrected chi connectivity index (χ0v) is 15.5. The second-order valence-corrected chi connectivity index (χ2v) is 6.02. The van der Waals surface area contributed by atoms with Gasteiger partial charge in [-0.3, -0.25) is 0 Å². The van der Waals surface area contributed by atoms with Crippen LogP contribution < -0.4 is 10.5 Å². The SMILES string of the molecule is CCCOc1ccc(Br)cc1-c1nc(N)nc(C)c1C(=O)OCC. The standard InChI is InChI=1S/C17H20BrN3O3/c1-4-8-24-13-7-6-11(18)9-12(13)15-14(16(22)23-5-2)10(3)20-17(19)21-15/h6-7,9H,4-5,8H2,1-3H3,(H2,19,20,21). The summed E-state index contributed by atoms with van der Waals surface area (Å²) < 4.78 is 11.8. The maximum absolute atomic E-state index is 12.4. The molecule has 2 aromatic rings. The van der Waals surface area contributed by atoms with E-state index in [0.29, 0.717) is 34.9 Å². The number of aryl methyl sites for hydroxylation is 1. The molecule has 0 radical (unpaired) electrons. The molecule has 0 saturated carbocycles. The van der Waals surface area contributed by atoms with E-state index in [9.17, 15) is 4.79 Å². The van der Waals surface area contributed by atoms with Crippen LogP contribution >= 0.6 is 15.9 Å². The van der Waals surface area contributed by atoms with E-state index in [2.05, 4.69) is 25.9 Å². The third-order valence-corrected chi connectivity index (χ3v) is 3.74. The van der Waals surface area contributed by atoms with Crippen molar-refractivity contribution in [1.29, 1.82) is 0 Å². The van der Waals surface area contributed by atoms with Crippen LogP contribution in [-0.4, -0.2) is 29.2 Å². The van der Waals surface area contributed by atoms with Crippen molar-refractivity contribution in [2.45, 2.75) is 27.2 Å². The van der Waals surface area contributed by atoms with E-state index in [0.717, 1.165) is 10.9 Å². The fourth-order valence-corrected chi connectivity index (χ4v) is 2.62. The second kappa shape index (κ2) is 8.10. The summed E-state index contributed by atoms with van der Waals surface area (Å²) in [6, 6.07) is 5.54. The van der Waals surface area contributed by atoms with Crippen molar-refractivity contribution in [3.8, 4) is 17.0 Å². The zero-order valence-electron chi connectivity index (χ0n) is 13.9. The first-order chi connectivity index (χ1) is 11.5. The molecule has 7 heteroatoms. The number of nitrogen functional groups attached to an aromatic ring is 1. The van der Waals surface area contributed by atoms with E-state index < -0.39 is 5.97 Å². The summed E-state index contributed by atoms with van der Waals surface area (Å²) >= 11 is 3.44. The van der Waals surface area contributed by atoms with Gasteiger partial charge in [-0.15, -0.1) is 0 Å². The van der Waals surface area contributed by atoms with Gasteiger partial charge in [-0.1, -0.05) is 22.9 Å². The van der Waals surface area contributed by atoms with Gasteiger partial charge in [-0.2, -0.15) is 0 Å². The number of aromatic nitrogens is 2. The van der Waals surface area contributed by atoms with Gasteiger partial charge in [0, 0.05) is 10.0 Å². The Balaban J connectivity index is 2.67. The van der Waals surface area contributed by atoms with Crippen LogP contribution in [0.4, 0.5) is 5.95 Å². The Morgan fingerprint density at radius 3 is 2.71 bits per heavy atom. The molecular weight excluding hydrogens is 374 g/mol. The van der Waals surface area contributed by atoms with Crippen molar-refractivity contribution in [1.82, 2.24) is 9.97 Å². The largest absolute Gasteiger partial charge is 0.493 e. The minimum Gasteiger partial charge on any atom is -0.493 e. The van der Waals surface area contributed by atoms with Crippen LogP contribution in [0.2, 0.25) is 0 Å². The van der Waals surface area contributed by atoms with Crippen molar-refractivity contribution in [2.75, 3.05) is 18.9 Å². The summed E-state index contributed by atoms with van der Waals surface area (Å²) in [6.07, 6.45) is 0.866. The Morgan fingerprint density at radius 2 is 2.04 bits per heavy atom. The van der Waals surface area contributed by atoms with Gasteiger partial charge in [0.15, 0.2) is 0 Å². The summed E-state index contributed by atoms with van der Waals surface area (Å²) in [4.78, 5) is 20.8. The quantitative estimate of drug-likeness (QED) is 0.751. The van der Waals surface area contributed by atoms with E-state index in [1.807, 2.05) is 25.1 Å². The maximum atomic E-state index is 12.4. The number of hydrogen-bond acceptors (Lipinski definition) is 6. The summed E-state index contributed by atoms with van der Waals surface area (Å²) in [6.45, 7) is 6.30. The Labute approximate surface area is 149 Å².